The van der Waals surface area contributed by atoms with Crippen LogP contribution in [0.25, 0.3) is 43.6 Å². The van der Waals surface area contributed by atoms with Crippen molar-refractivity contribution in [3.63, 3.8) is 0 Å². The van der Waals surface area contributed by atoms with Crippen molar-refractivity contribution in [1.82, 2.24) is 9.97 Å². The van der Waals surface area contributed by atoms with Gasteiger partial charge in [0.05, 0.1) is 11.0 Å². The fraction of sp³-hybridized carbons (Fsp3) is 0.200. The predicted octanol–water partition coefficient (Wildman–Crippen LogP) is 9.91. The summed E-state index contributed by atoms with van der Waals surface area (Å²) in [4.78, 5) is 6.99. The number of benzene rings is 4. The van der Waals surface area contributed by atoms with Crippen LogP contribution in [-0.2, 0) is 19.4 Å². The van der Waals surface area contributed by atoms with Crippen molar-refractivity contribution in [1.29, 1.82) is 0 Å². The van der Waals surface area contributed by atoms with Gasteiger partial charge in [-0.1, -0.05) is 53.1 Å². The highest BCUT2D eigenvalue weighted by Crippen LogP contribution is 2.35. The second-order valence-corrected chi connectivity index (χ2v) is 11.5. The molecule has 6 aromatic rings. The Bertz CT molecular complexity index is 1960. The first-order chi connectivity index (χ1) is 19.2. The van der Waals surface area contributed by atoms with E-state index >= 15 is 0 Å². The van der Waals surface area contributed by atoms with E-state index in [1.165, 1.54) is 16.5 Å². The number of aromatic hydroxyl groups is 1. The smallest absolute Gasteiger partial charge is 0.125 e. The van der Waals surface area contributed by atoms with E-state index in [-0.39, 0.29) is 0 Å². The Morgan fingerprint density at radius 2 is 1.27 bits per heavy atom. The van der Waals surface area contributed by atoms with E-state index in [9.17, 15) is 5.11 Å². The molecule has 0 aliphatic carbocycles. The first-order valence-corrected chi connectivity index (χ1v) is 14.0. The molecule has 0 fully saturated rings. The van der Waals surface area contributed by atoms with Gasteiger partial charge in [0.25, 0.3) is 0 Å². The molecule has 0 aliphatic rings. The molecule has 6 rings (SSSR count). The number of rotatable bonds is 7. The van der Waals surface area contributed by atoms with Gasteiger partial charge in [0, 0.05) is 49.7 Å². The molecule has 3 N–H and O–H groups in total. The van der Waals surface area contributed by atoms with E-state index in [1.54, 1.807) is 0 Å². The molecule has 0 radical (unpaired) electrons. The number of nitrogens with one attached hydrogen (secondary N) is 2. The molecule has 0 aliphatic heterocycles. The van der Waals surface area contributed by atoms with Gasteiger partial charge in [0.15, 0.2) is 0 Å². The molecule has 2 aromatic heterocycles. The van der Waals surface area contributed by atoms with Crippen LogP contribution in [0.2, 0.25) is 5.02 Å². The van der Waals surface area contributed by atoms with E-state index in [0.717, 1.165) is 67.1 Å². The maximum absolute atomic E-state index is 10.6. The number of aromatic nitrogens is 2. The molecule has 2 heterocycles. The molecular weight excluding hydrogens is 516 g/mol. The standard InChI is InChI=1S/C35H33ClN2O2/c1-20(2)5-8-23-14-28-26-11-7-22(13-30(26)37-32(28)17-34(23)39)19-40-35-18-33-29(15-24(35)9-6-21(3)4)27-12-10-25(36)16-31(27)38-33/h5-7,10-18,37-39H,8-9,19H2,1-4H3. The van der Waals surface area contributed by atoms with E-state index in [4.69, 9.17) is 16.3 Å². The molecule has 40 heavy (non-hydrogen) atoms. The van der Waals surface area contributed by atoms with Crippen molar-refractivity contribution in [3.8, 4) is 11.5 Å². The highest BCUT2D eigenvalue weighted by molar-refractivity contribution is 6.31. The topological polar surface area (TPSA) is 61.0 Å². The number of H-pyrrole nitrogens is 2. The Labute approximate surface area is 238 Å². The quantitative estimate of drug-likeness (QED) is 0.174. The lowest BCUT2D eigenvalue weighted by molar-refractivity contribution is 0.304. The Balaban J connectivity index is 1.33. The van der Waals surface area contributed by atoms with E-state index < -0.39 is 0 Å². The van der Waals surface area contributed by atoms with Gasteiger partial charge in [0.2, 0.25) is 0 Å². The van der Waals surface area contributed by atoms with Crippen LogP contribution in [0, 0.1) is 0 Å². The summed E-state index contributed by atoms with van der Waals surface area (Å²) in [5.74, 6) is 1.19. The molecule has 0 spiro atoms. The maximum Gasteiger partial charge on any atom is 0.125 e. The summed E-state index contributed by atoms with van der Waals surface area (Å²) in [6, 6.07) is 20.6. The summed E-state index contributed by atoms with van der Waals surface area (Å²) in [7, 11) is 0. The van der Waals surface area contributed by atoms with E-state index in [1.807, 2.05) is 18.2 Å². The van der Waals surface area contributed by atoms with Gasteiger partial charge < -0.3 is 19.8 Å². The lowest BCUT2D eigenvalue weighted by Gasteiger charge is -2.12. The highest BCUT2D eigenvalue weighted by atomic mass is 35.5. The van der Waals surface area contributed by atoms with Gasteiger partial charge in [-0.05, 0) is 87.6 Å². The maximum atomic E-state index is 10.6. The first kappa shape index (κ1) is 26.1. The fourth-order valence-corrected chi connectivity index (χ4v) is 5.49. The summed E-state index contributed by atoms with van der Waals surface area (Å²) < 4.78 is 6.46. The van der Waals surface area contributed by atoms with Gasteiger partial charge in [-0.15, -0.1) is 0 Å². The number of phenols is 1. The second kappa shape index (κ2) is 10.4. The van der Waals surface area contributed by atoms with Crippen LogP contribution in [0.15, 0.2) is 84.0 Å². The summed E-state index contributed by atoms with van der Waals surface area (Å²) in [5, 5.41) is 15.9. The number of allylic oxidation sites excluding steroid dienone is 4. The fourth-order valence-electron chi connectivity index (χ4n) is 5.32. The molecule has 4 nitrogen and oxygen atoms in total. The van der Waals surface area contributed by atoms with Crippen molar-refractivity contribution >= 4 is 55.2 Å². The van der Waals surface area contributed by atoms with Crippen LogP contribution in [0.5, 0.6) is 11.5 Å². The zero-order valence-electron chi connectivity index (χ0n) is 23.3. The van der Waals surface area contributed by atoms with Crippen LogP contribution < -0.4 is 4.74 Å². The minimum absolute atomic E-state index is 0.318. The number of ether oxygens (including phenoxy) is 1. The second-order valence-electron chi connectivity index (χ2n) is 11.1. The molecule has 0 bridgehead atoms. The van der Waals surface area contributed by atoms with Crippen LogP contribution in [0.1, 0.15) is 44.4 Å². The Kier molecular flexibility index (Phi) is 6.81. The minimum atomic E-state index is 0.318. The zero-order valence-corrected chi connectivity index (χ0v) is 24.0. The Hall–Kier alpha value is -4.15. The molecular formula is C35H33ClN2O2. The van der Waals surface area contributed by atoms with Crippen LogP contribution in [-0.4, -0.2) is 15.1 Å². The molecule has 0 unspecified atom stereocenters. The number of phenolic OH excluding ortho intramolecular Hbond substituents is 1. The van der Waals surface area contributed by atoms with Gasteiger partial charge in [0.1, 0.15) is 18.1 Å². The molecule has 5 heteroatoms. The third kappa shape index (κ3) is 5.07. The average Bonchev–Trinajstić information content (AvgIpc) is 3.44. The van der Waals surface area contributed by atoms with Crippen LogP contribution in [0.3, 0.4) is 0 Å². The van der Waals surface area contributed by atoms with Gasteiger partial charge >= 0.3 is 0 Å². The highest BCUT2D eigenvalue weighted by Gasteiger charge is 2.13. The largest absolute Gasteiger partial charge is 0.508 e. The lowest BCUT2D eigenvalue weighted by Crippen LogP contribution is -1.99. The summed E-state index contributed by atoms with van der Waals surface area (Å²) in [6.07, 6.45) is 5.88. The molecule has 0 atom stereocenters. The number of halogens is 1. The van der Waals surface area contributed by atoms with Gasteiger partial charge in [-0.2, -0.15) is 0 Å². The lowest BCUT2D eigenvalue weighted by atomic mass is 10.0. The Morgan fingerprint density at radius 1 is 0.700 bits per heavy atom. The first-order valence-electron chi connectivity index (χ1n) is 13.6. The third-order valence-corrected chi connectivity index (χ3v) is 7.69. The molecule has 202 valence electrons. The average molecular weight is 549 g/mol. The van der Waals surface area contributed by atoms with Crippen molar-refractivity contribution in [2.45, 2.75) is 47.1 Å². The summed E-state index contributed by atoms with van der Waals surface area (Å²) in [5.41, 5.74) is 9.68. The summed E-state index contributed by atoms with van der Waals surface area (Å²) in [6.45, 7) is 8.83. The van der Waals surface area contributed by atoms with E-state index in [2.05, 4.69) is 92.3 Å². The van der Waals surface area contributed by atoms with E-state index in [0.29, 0.717) is 23.8 Å². The predicted molar refractivity (Wildman–Crippen MR) is 169 cm³/mol. The molecule has 0 saturated heterocycles. The molecule has 0 amide bonds. The Morgan fingerprint density at radius 3 is 1.98 bits per heavy atom. The SMILES string of the molecule is CC(C)=CCc1cc2c(cc1O)[nH]c1cc(COc3cc4[nH]c5cc(Cl)ccc5c4cc3CC=C(C)C)ccc12. The molecule has 0 saturated carbocycles. The number of hydrogen-bond donors (Lipinski definition) is 3. The monoisotopic (exact) mass is 548 g/mol. The molecule has 4 aromatic carbocycles. The normalized spacial score (nSPS) is 11.5. The van der Waals surface area contributed by atoms with Crippen molar-refractivity contribution in [2.75, 3.05) is 0 Å². The number of aromatic amines is 2. The van der Waals surface area contributed by atoms with Gasteiger partial charge in [-0.3, -0.25) is 0 Å². The third-order valence-electron chi connectivity index (χ3n) is 7.46. The van der Waals surface area contributed by atoms with Gasteiger partial charge in [-0.25, -0.2) is 0 Å². The number of hydrogen-bond acceptors (Lipinski definition) is 2. The van der Waals surface area contributed by atoms with Crippen molar-refractivity contribution < 1.29 is 9.84 Å². The van der Waals surface area contributed by atoms with Crippen LogP contribution >= 0.6 is 11.6 Å². The van der Waals surface area contributed by atoms with Crippen LogP contribution in [0.4, 0.5) is 0 Å². The summed E-state index contributed by atoms with van der Waals surface area (Å²) >= 11 is 6.25. The van der Waals surface area contributed by atoms with Crippen molar-refractivity contribution in [3.05, 3.63) is 106 Å². The number of fused-ring (bicyclic) bond motifs is 6. The minimum Gasteiger partial charge on any atom is -0.508 e. The zero-order chi connectivity index (χ0) is 28.0. The van der Waals surface area contributed by atoms with Crippen molar-refractivity contribution in [2.24, 2.45) is 0 Å².